The molecule has 0 spiro atoms. The predicted molar refractivity (Wildman–Crippen MR) is 121 cm³/mol. The Morgan fingerprint density at radius 3 is 2.61 bits per heavy atom. The minimum atomic E-state index is -0.337. The van der Waals surface area contributed by atoms with Crippen molar-refractivity contribution in [1.82, 2.24) is 4.57 Å². The van der Waals surface area contributed by atoms with E-state index in [2.05, 4.69) is 10.6 Å². The van der Waals surface area contributed by atoms with Crippen LogP contribution in [-0.2, 0) is 17.6 Å². The fraction of sp³-hybridized carbons (Fsp3) is 0.280. The number of rotatable bonds is 4. The van der Waals surface area contributed by atoms with Crippen LogP contribution in [-0.4, -0.2) is 17.6 Å². The molecule has 2 aromatic heterocycles. The predicted octanol–water partition coefficient (Wildman–Crippen LogP) is 6.02. The van der Waals surface area contributed by atoms with Crippen molar-refractivity contribution in [3.63, 3.8) is 0 Å². The Bertz CT molecular complexity index is 1230. The SMILES string of the molecule is COC(=O)c1c(-n2c(C)cc(/C=C(/C#N)c3ccc(F)cc3)c2C)sc2c1CCCC2. The van der Waals surface area contributed by atoms with Crippen molar-refractivity contribution in [2.45, 2.75) is 39.5 Å². The molecule has 0 radical (unpaired) electrons. The van der Waals surface area contributed by atoms with Crippen molar-refractivity contribution in [2.24, 2.45) is 0 Å². The molecule has 0 atom stereocenters. The van der Waals surface area contributed by atoms with Crippen LogP contribution in [0.25, 0.3) is 16.7 Å². The van der Waals surface area contributed by atoms with Gasteiger partial charge in [0.25, 0.3) is 0 Å². The molecular formula is C25H23FN2O2S. The van der Waals surface area contributed by atoms with Gasteiger partial charge in [0, 0.05) is 16.3 Å². The highest BCUT2D eigenvalue weighted by Gasteiger charge is 2.28. The number of allylic oxidation sites excluding steroid dienone is 1. The molecule has 2 heterocycles. The van der Waals surface area contributed by atoms with Crippen molar-refractivity contribution < 1.29 is 13.9 Å². The van der Waals surface area contributed by atoms with Crippen molar-refractivity contribution >= 4 is 29.0 Å². The van der Waals surface area contributed by atoms with Gasteiger partial charge in [-0.05, 0) is 80.5 Å². The normalized spacial score (nSPS) is 13.6. The van der Waals surface area contributed by atoms with Gasteiger partial charge >= 0.3 is 5.97 Å². The Hall–Kier alpha value is -3.17. The van der Waals surface area contributed by atoms with Gasteiger partial charge in [0.1, 0.15) is 10.8 Å². The zero-order valence-corrected chi connectivity index (χ0v) is 18.6. The van der Waals surface area contributed by atoms with E-state index in [-0.39, 0.29) is 11.8 Å². The Balaban J connectivity index is 1.85. The smallest absolute Gasteiger partial charge is 0.341 e. The zero-order chi connectivity index (χ0) is 22.1. The number of halogens is 1. The fourth-order valence-electron chi connectivity index (χ4n) is 4.23. The first-order chi connectivity index (χ1) is 14.9. The maximum atomic E-state index is 13.3. The van der Waals surface area contributed by atoms with E-state index in [0.29, 0.717) is 16.7 Å². The minimum absolute atomic E-state index is 0.303. The number of thiophene rings is 1. The third kappa shape index (κ3) is 3.82. The zero-order valence-electron chi connectivity index (χ0n) is 17.8. The lowest BCUT2D eigenvalue weighted by molar-refractivity contribution is 0.0600. The van der Waals surface area contributed by atoms with Gasteiger partial charge in [-0.3, -0.25) is 0 Å². The molecule has 158 valence electrons. The molecule has 4 rings (SSSR count). The van der Waals surface area contributed by atoms with E-state index in [1.165, 1.54) is 24.1 Å². The van der Waals surface area contributed by atoms with E-state index in [1.54, 1.807) is 23.5 Å². The minimum Gasteiger partial charge on any atom is -0.465 e. The molecule has 0 bridgehead atoms. The molecule has 1 aliphatic carbocycles. The summed E-state index contributed by atoms with van der Waals surface area (Å²) >= 11 is 1.66. The van der Waals surface area contributed by atoms with Crippen molar-refractivity contribution in [1.29, 1.82) is 5.26 Å². The number of carbonyl (C=O) groups is 1. The molecule has 0 unspecified atom stereocenters. The average Bonchev–Trinajstić information content (AvgIpc) is 3.28. The second-order valence-corrected chi connectivity index (χ2v) is 8.80. The number of aryl methyl sites for hydroxylation is 2. The molecule has 0 saturated heterocycles. The summed E-state index contributed by atoms with van der Waals surface area (Å²) in [5.74, 6) is -0.640. The van der Waals surface area contributed by atoms with Gasteiger partial charge in [0.05, 0.1) is 24.3 Å². The van der Waals surface area contributed by atoms with Gasteiger partial charge < -0.3 is 9.30 Å². The highest BCUT2D eigenvalue weighted by molar-refractivity contribution is 7.15. The summed E-state index contributed by atoms with van der Waals surface area (Å²) in [6.07, 6.45) is 5.91. The van der Waals surface area contributed by atoms with Crippen LogP contribution in [0.1, 0.15) is 56.2 Å². The first kappa shape index (κ1) is 21.1. The van der Waals surface area contributed by atoms with Gasteiger partial charge in [-0.25, -0.2) is 9.18 Å². The second kappa shape index (κ2) is 8.52. The number of ether oxygens (including phenoxy) is 1. The summed E-state index contributed by atoms with van der Waals surface area (Å²) in [5.41, 5.74) is 5.71. The monoisotopic (exact) mass is 434 g/mol. The first-order valence-corrected chi connectivity index (χ1v) is 11.1. The maximum absolute atomic E-state index is 13.3. The number of aromatic nitrogens is 1. The molecule has 4 nitrogen and oxygen atoms in total. The molecule has 1 aromatic carbocycles. The van der Waals surface area contributed by atoms with Crippen LogP contribution in [0.2, 0.25) is 0 Å². The van der Waals surface area contributed by atoms with Gasteiger partial charge in [-0.1, -0.05) is 12.1 Å². The lowest BCUT2D eigenvalue weighted by Gasteiger charge is -2.12. The number of hydrogen-bond acceptors (Lipinski definition) is 4. The third-order valence-corrected chi connectivity index (χ3v) is 7.07. The molecule has 0 aliphatic heterocycles. The van der Waals surface area contributed by atoms with E-state index < -0.39 is 0 Å². The summed E-state index contributed by atoms with van der Waals surface area (Å²) in [7, 11) is 1.42. The molecule has 0 N–H and O–H groups in total. The van der Waals surface area contributed by atoms with Crippen LogP contribution in [0.3, 0.4) is 0 Å². The van der Waals surface area contributed by atoms with E-state index in [4.69, 9.17) is 4.74 Å². The topological polar surface area (TPSA) is 55.0 Å². The largest absolute Gasteiger partial charge is 0.465 e. The molecule has 0 saturated carbocycles. The number of nitriles is 1. The standard InChI is InChI=1S/C25H23FN2O2S/c1-15-12-18(13-19(14-27)17-8-10-20(26)11-9-17)16(2)28(15)24-23(25(29)30-3)21-6-4-5-7-22(21)31-24/h8-13H,4-7H2,1-3H3/b19-13-. The maximum Gasteiger partial charge on any atom is 0.341 e. The summed E-state index contributed by atoms with van der Waals surface area (Å²) in [6, 6.07) is 10.1. The Kier molecular flexibility index (Phi) is 5.79. The number of benzene rings is 1. The van der Waals surface area contributed by atoms with Gasteiger partial charge in [0.15, 0.2) is 0 Å². The van der Waals surface area contributed by atoms with Gasteiger partial charge in [-0.15, -0.1) is 11.3 Å². The van der Waals surface area contributed by atoms with Crippen molar-refractivity contribution in [2.75, 3.05) is 7.11 Å². The Morgan fingerprint density at radius 2 is 1.94 bits per heavy atom. The van der Waals surface area contributed by atoms with Crippen LogP contribution in [0.15, 0.2) is 30.3 Å². The van der Waals surface area contributed by atoms with Crippen LogP contribution in [0, 0.1) is 31.0 Å². The fourth-order valence-corrected chi connectivity index (χ4v) is 5.72. The number of fused-ring (bicyclic) bond motifs is 1. The van der Waals surface area contributed by atoms with E-state index >= 15 is 0 Å². The summed E-state index contributed by atoms with van der Waals surface area (Å²) in [6.45, 7) is 3.98. The lowest BCUT2D eigenvalue weighted by Crippen LogP contribution is -2.11. The highest BCUT2D eigenvalue weighted by Crippen LogP contribution is 2.39. The van der Waals surface area contributed by atoms with Gasteiger partial charge in [-0.2, -0.15) is 5.26 Å². The van der Waals surface area contributed by atoms with E-state index in [1.807, 2.05) is 26.0 Å². The molecular weight excluding hydrogens is 411 g/mol. The number of esters is 1. The first-order valence-electron chi connectivity index (χ1n) is 10.2. The Labute approximate surface area is 185 Å². The van der Waals surface area contributed by atoms with E-state index in [0.717, 1.165) is 53.2 Å². The molecule has 3 aromatic rings. The summed E-state index contributed by atoms with van der Waals surface area (Å²) in [4.78, 5) is 14.0. The molecule has 0 fully saturated rings. The molecule has 6 heteroatoms. The number of carbonyl (C=O) groups excluding carboxylic acids is 1. The summed E-state index contributed by atoms with van der Waals surface area (Å²) < 4.78 is 20.5. The van der Waals surface area contributed by atoms with Crippen LogP contribution < -0.4 is 0 Å². The molecule has 0 amide bonds. The molecule has 31 heavy (non-hydrogen) atoms. The molecule has 1 aliphatic rings. The van der Waals surface area contributed by atoms with E-state index in [9.17, 15) is 14.4 Å². The number of hydrogen-bond donors (Lipinski definition) is 0. The Morgan fingerprint density at radius 1 is 1.23 bits per heavy atom. The second-order valence-electron chi connectivity index (χ2n) is 7.72. The summed E-state index contributed by atoms with van der Waals surface area (Å²) in [5, 5.41) is 10.6. The third-order valence-electron chi connectivity index (χ3n) is 5.79. The van der Waals surface area contributed by atoms with Crippen LogP contribution in [0.5, 0.6) is 0 Å². The van der Waals surface area contributed by atoms with Gasteiger partial charge in [0.2, 0.25) is 0 Å². The lowest BCUT2D eigenvalue weighted by atomic mass is 9.95. The average molecular weight is 435 g/mol. The highest BCUT2D eigenvalue weighted by atomic mass is 32.1. The van der Waals surface area contributed by atoms with Crippen LogP contribution >= 0.6 is 11.3 Å². The number of nitrogens with zero attached hydrogens (tertiary/aromatic N) is 2. The van der Waals surface area contributed by atoms with Crippen LogP contribution in [0.4, 0.5) is 4.39 Å². The van der Waals surface area contributed by atoms with Crippen molar-refractivity contribution in [3.05, 3.63) is 74.7 Å². The number of methoxy groups -OCH3 is 1. The quantitative estimate of drug-likeness (QED) is 0.372. The van der Waals surface area contributed by atoms with Crippen molar-refractivity contribution in [3.8, 4) is 11.1 Å².